The van der Waals surface area contributed by atoms with Crippen molar-refractivity contribution >= 4 is 5.91 Å². The molecule has 0 N–H and O–H groups in total. The van der Waals surface area contributed by atoms with Gasteiger partial charge in [-0.1, -0.05) is 67.6 Å². The van der Waals surface area contributed by atoms with Crippen LogP contribution in [-0.2, 0) is 0 Å². The van der Waals surface area contributed by atoms with E-state index in [0.29, 0.717) is 6.42 Å². The zero-order chi connectivity index (χ0) is 16.2. The first-order valence-electron chi connectivity index (χ1n) is 7.65. The molecule has 0 aliphatic rings. The van der Waals surface area contributed by atoms with Crippen molar-refractivity contribution in [3.63, 3.8) is 0 Å². The van der Waals surface area contributed by atoms with Crippen LogP contribution in [0.5, 0.6) is 0 Å². The monoisotopic (exact) mass is 306 g/mol. The molecule has 1 aromatic heterocycles. The van der Waals surface area contributed by atoms with Gasteiger partial charge in [-0.05, 0) is 11.1 Å². The second kappa shape index (κ2) is 6.48. The Morgan fingerprint density at radius 1 is 0.913 bits per heavy atom. The number of imidazole rings is 1. The van der Waals surface area contributed by atoms with Gasteiger partial charge in [-0.25, -0.2) is 9.36 Å². The van der Waals surface area contributed by atoms with Gasteiger partial charge in [-0.3, -0.25) is 9.36 Å². The number of benzene rings is 2. The summed E-state index contributed by atoms with van der Waals surface area (Å²) in [6.45, 7) is 1.75. The first kappa shape index (κ1) is 15.0. The molecule has 116 valence electrons. The summed E-state index contributed by atoms with van der Waals surface area (Å²) < 4.78 is 2.79. The number of carbonyl (C=O) groups is 1. The van der Waals surface area contributed by atoms with Gasteiger partial charge in [0.25, 0.3) is 0 Å². The quantitative estimate of drug-likeness (QED) is 0.742. The number of carbonyl (C=O) groups excluding carboxylic acids is 1. The fraction of sp³-hybridized carbons (Fsp3) is 0.158. The molecule has 1 heterocycles. The predicted octanol–water partition coefficient (Wildman–Crippen LogP) is 3.34. The molecule has 0 atom stereocenters. The molecule has 0 saturated carbocycles. The smallest absolute Gasteiger partial charge is 0.287 e. The van der Waals surface area contributed by atoms with E-state index < -0.39 is 0 Å². The highest BCUT2D eigenvalue weighted by Crippen LogP contribution is 2.25. The Kier molecular flexibility index (Phi) is 4.24. The van der Waals surface area contributed by atoms with Crippen LogP contribution < -0.4 is 5.69 Å². The lowest BCUT2D eigenvalue weighted by molar-refractivity contribution is 0.0904. The third-order valence-electron chi connectivity index (χ3n) is 3.88. The summed E-state index contributed by atoms with van der Waals surface area (Å²) in [5.41, 5.74) is 1.69. The Balaban J connectivity index is 2.16. The average molecular weight is 306 g/mol. The van der Waals surface area contributed by atoms with Gasteiger partial charge in [0.05, 0.1) is 6.04 Å². The lowest BCUT2D eigenvalue weighted by Crippen LogP contribution is -2.31. The van der Waals surface area contributed by atoms with Crippen molar-refractivity contribution in [1.29, 1.82) is 0 Å². The average Bonchev–Trinajstić information content (AvgIpc) is 2.98. The first-order chi connectivity index (χ1) is 11.2. The fourth-order valence-corrected chi connectivity index (χ4v) is 2.73. The number of aromatic nitrogens is 2. The maximum atomic E-state index is 12.7. The highest BCUT2D eigenvalue weighted by Gasteiger charge is 2.20. The molecule has 23 heavy (non-hydrogen) atoms. The predicted molar refractivity (Wildman–Crippen MR) is 89.7 cm³/mol. The van der Waals surface area contributed by atoms with E-state index >= 15 is 0 Å². The summed E-state index contributed by atoms with van der Waals surface area (Å²) in [6.07, 6.45) is 3.53. The van der Waals surface area contributed by atoms with Crippen molar-refractivity contribution in [2.75, 3.05) is 0 Å². The van der Waals surface area contributed by atoms with Crippen molar-refractivity contribution in [3.8, 4) is 0 Å². The SMILES string of the molecule is CCC(=O)n1ccn(C(c2ccccc2)c2ccccc2)c1=O. The summed E-state index contributed by atoms with van der Waals surface area (Å²) in [6, 6.07) is 19.4. The van der Waals surface area contributed by atoms with Gasteiger partial charge in [-0.15, -0.1) is 0 Å². The van der Waals surface area contributed by atoms with Crippen LogP contribution in [0.2, 0.25) is 0 Å². The molecule has 0 spiro atoms. The second-order valence-corrected chi connectivity index (χ2v) is 5.33. The minimum absolute atomic E-state index is 0.200. The summed E-state index contributed by atoms with van der Waals surface area (Å²) in [7, 11) is 0. The zero-order valence-corrected chi connectivity index (χ0v) is 12.9. The van der Waals surface area contributed by atoms with Crippen molar-refractivity contribution in [2.45, 2.75) is 19.4 Å². The van der Waals surface area contributed by atoms with Gasteiger partial charge < -0.3 is 0 Å². The molecular weight excluding hydrogens is 288 g/mol. The molecule has 0 bridgehead atoms. The third-order valence-corrected chi connectivity index (χ3v) is 3.88. The molecular formula is C19H18N2O2. The van der Waals surface area contributed by atoms with E-state index in [-0.39, 0.29) is 17.6 Å². The van der Waals surface area contributed by atoms with Gasteiger partial charge in [0.1, 0.15) is 0 Å². The molecule has 2 aromatic carbocycles. The Morgan fingerprint density at radius 3 is 1.91 bits per heavy atom. The highest BCUT2D eigenvalue weighted by atomic mass is 16.2. The summed E-state index contributed by atoms with van der Waals surface area (Å²) in [5.74, 6) is -0.200. The Hall–Kier alpha value is -2.88. The summed E-state index contributed by atoms with van der Waals surface area (Å²) >= 11 is 0. The maximum Gasteiger partial charge on any atom is 0.335 e. The number of hydrogen-bond donors (Lipinski definition) is 0. The molecule has 0 radical (unpaired) electrons. The number of nitrogens with zero attached hydrogens (tertiary/aromatic N) is 2. The molecule has 0 saturated heterocycles. The number of hydrogen-bond acceptors (Lipinski definition) is 2. The van der Waals surface area contributed by atoms with Crippen LogP contribution in [0, 0.1) is 0 Å². The molecule has 0 unspecified atom stereocenters. The van der Waals surface area contributed by atoms with E-state index in [1.54, 1.807) is 23.9 Å². The zero-order valence-electron chi connectivity index (χ0n) is 12.9. The highest BCUT2D eigenvalue weighted by molar-refractivity contribution is 5.78. The molecule has 3 aromatic rings. The van der Waals surface area contributed by atoms with Crippen LogP contribution in [0.25, 0.3) is 0 Å². The molecule has 3 rings (SSSR count). The van der Waals surface area contributed by atoms with Gasteiger partial charge in [-0.2, -0.15) is 0 Å². The first-order valence-corrected chi connectivity index (χ1v) is 7.65. The second-order valence-electron chi connectivity index (χ2n) is 5.33. The Labute approximate surface area is 134 Å². The maximum absolute atomic E-state index is 12.7. The molecule has 0 aliphatic carbocycles. The van der Waals surface area contributed by atoms with E-state index in [1.807, 2.05) is 60.7 Å². The van der Waals surface area contributed by atoms with Crippen LogP contribution in [0.4, 0.5) is 0 Å². The lowest BCUT2D eigenvalue weighted by Gasteiger charge is -2.19. The van der Waals surface area contributed by atoms with Crippen molar-refractivity contribution in [1.82, 2.24) is 9.13 Å². The molecule has 0 amide bonds. The summed E-state index contributed by atoms with van der Waals surface area (Å²) in [4.78, 5) is 24.6. The summed E-state index contributed by atoms with van der Waals surface area (Å²) in [5, 5.41) is 0. The third kappa shape index (κ3) is 2.88. The van der Waals surface area contributed by atoms with Gasteiger partial charge in [0, 0.05) is 18.8 Å². The van der Waals surface area contributed by atoms with E-state index in [0.717, 1.165) is 11.1 Å². The van der Waals surface area contributed by atoms with Crippen LogP contribution in [0.1, 0.15) is 35.3 Å². The minimum Gasteiger partial charge on any atom is -0.287 e. The minimum atomic E-state index is -0.311. The molecule has 4 nitrogen and oxygen atoms in total. The van der Waals surface area contributed by atoms with Crippen molar-refractivity contribution in [2.24, 2.45) is 0 Å². The lowest BCUT2D eigenvalue weighted by atomic mass is 9.99. The van der Waals surface area contributed by atoms with Crippen LogP contribution >= 0.6 is 0 Å². The molecule has 0 aliphatic heterocycles. The van der Waals surface area contributed by atoms with Crippen LogP contribution in [0.15, 0.2) is 77.9 Å². The Bertz CT molecular complexity index is 808. The van der Waals surface area contributed by atoms with E-state index in [4.69, 9.17) is 0 Å². The molecule has 4 heteroatoms. The largest absolute Gasteiger partial charge is 0.335 e. The number of rotatable bonds is 4. The van der Waals surface area contributed by atoms with Crippen molar-refractivity contribution in [3.05, 3.63) is 94.7 Å². The van der Waals surface area contributed by atoms with Gasteiger partial charge >= 0.3 is 5.69 Å². The van der Waals surface area contributed by atoms with E-state index in [2.05, 4.69) is 0 Å². The van der Waals surface area contributed by atoms with Gasteiger partial charge in [0.2, 0.25) is 5.91 Å². The van der Waals surface area contributed by atoms with Crippen molar-refractivity contribution < 1.29 is 4.79 Å². The van der Waals surface area contributed by atoms with Crippen LogP contribution in [0.3, 0.4) is 0 Å². The van der Waals surface area contributed by atoms with E-state index in [1.165, 1.54) is 4.57 Å². The topological polar surface area (TPSA) is 44.0 Å². The van der Waals surface area contributed by atoms with E-state index in [9.17, 15) is 9.59 Å². The van der Waals surface area contributed by atoms with Gasteiger partial charge in [0.15, 0.2) is 0 Å². The van der Waals surface area contributed by atoms with Crippen LogP contribution in [-0.4, -0.2) is 15.0 Å². The standard InChI is InChI=1S/C19H18N2O2/c1-2-17(22)20-13-14-21(19(20)23)18(15-9-5-3-6-10-15)16-11-7-4-8-12-16/h3-14,18H,2H2,1H3. The fourth-order valence-electron chi connectivity index (χ4n) is 2.73. The normalized spacial score (nSPS) is 10.9. The molecule has 0 fully saturated rings. The Morgan fingerprint density at radius 2 is 1.43 bits per heavy atom.